The van der Waals surface area contributed by atoms with E-state index in [1.807, 2.05) is 13.0 Å². The van der Waals surface area contributed by atoms with Crippen molar-refractivity contribution >= 4 is 17.5 Å². The highest BCUT2D eigenvalue weighted by molar-refractivity contribution is 6.01. The summed E-state index contributed by atoms with van der Waals surface area (Å²) >= 11 is 0. The van der Waals surface area contributed by atoms with E-state index in [2.05, 4.69) is 21.1 Å². The lowest BCUT2D eigenvalue weighted by Crippen LogP contribution is -2.52. The van der Waals surface area contributed by atoms with Gasteiger partial charge in [0, 0.05) is 30.8 Å². The summed E-state index contributed by atoms with van der Waals surface area (Å²) in [6, 6.07) is 7.07. The molecule has 1 saturated carbocycles. The summed E-state index contributed by atoms with van der Waals surface area (Å²) in [5.41, 5.74) is 0.195. The summed E-state index contributed by atoms with van der Waals surface area (Å²) in [6.07, 6.45) is 8.46. The third-order valence-corrected chi connectivity index (χ3v) is 8.13. The lowest BCUT2D eigenvalue weighted by Gasteiger charge is -2.43. The van der Waals surface area contributed by atoms with Crippen LogP contribution >= 0.6 is 0 Å². The Kier molecular flexibility index (Phi) is 6.76. The monoisotopic (exact) mass is 517 g/mol. The minimum Gasteiger partial charge on any atom is -0.458 e. The van der Waals surface area contributed by atoms with E-state index >= 15 is 0 Å². The fraction of sp³-hybridized carbons (Fsp3) is 0.517. The highest BCUT2D eigenvalue weighted by atomic mass is 19.1. The van der Waals surface area contributed by atoms with Crippen LogP contribution in [0.4, 0.5) is 4.39 Å². The maximum Gasteiger partial charge on any atom is 0.317 e. The van der Waals surface area contributed by atoms with Gasteiger partial charge in [0.25, 0.3) is 5.78 Å². The molecule has 5 rings (SSSR count). The molecule has 2 aromatic heterocycles. The molecule has 3 aromatic rings. The first-order valence-electron chi connectivity index (χ1n) is 13.2. The second kappa shape index (κ2) is 9.90. The molecule has 9 heteroatoms. The lowest BCUT2D eigenvalue weighted by atomic mass is 9.73. The number of fused-ring (bicyclic) bond motifs is 1. The normalized spacial score (nSPS) is 22.6. The topological polar surface area (TPSA) is 110 Å². The number of esters is 1. The van der Waals surface area contributed by atoms with E-state index in [9.17, 15) is 19.2 Å². The molecule has 0 bridgehead atoms. The summed E-state index contributed by atoms with van der Waals surface area (Å²) in [7, 11) is 0. The number of halogens is 1. The number of ketones is 1. The van der Waals surface area contributed by atoms with Crippen LogP contribution in [0.1, 0.15) is 74.9 Å². The van der Waals surface area contributed by atoms with Gasteiger partial charge < -0.3 is 4.74 Å². The van der Waals surface area contributed by atoms with Crippen LogP contribution in [0.2, 0.25) is 0 Å². The van der Waals surface area contributed by atoms with Crippen molar-refractivity contribution in [2.24, 2.45) is 11.8 Å². The number of ether oxygens (including phenoxy) is 1. The predicted molar refractivity (Wildman–Crippen MR) is 136 cm³/mol. The number of Topliss-reactive ketones (excluding diaryl/α,β-unsaturated/α-hetero) is 1. The van der Waals surface area contributed by atoms with E-state index < -0.39 is 28.7 Å². The van der Waals surface area contributed by atoms with Gasteiger partial charge in [0.15, 0.2) is 11.6 Å². The van der Waals surface area contributed by atoms with Crippen LogP contribution in [0.25, 0.3) is 5.78 Å². The minimum atomic E-state index is -0.951. The van der Waals surface area contributed by atoms with Crippen molar-refractivity contribution in [2.45, 2.75) is 83.2 Å². The number of benzene rings is 1. The molecule has 8 nitrogen and oxygen atoms in total. The molecule has 1 aliphatic carbocycles. The molecule has 0 spiro atoms. The van der Waals surface area contributed by atoms with E-state index in [0.717, 1.165) is 36.8 Å². The molecule has 0 radical (unpaired) electrons. The number of aryl methyl sites for hydroxylation is 2. The standard InChI is InChI=1S/C29H32FN5O3/c1-18-15-32-27-33-25(34-35(27)16-18)13-21-24(36)14-29(38-26(21)37,20-6-4-5-7-20)11-10-19-8-9-22(23(30)12-19)28(2,3)17-31/h8-9,12,15-16,20-21H,4-7,10-11,13-14H2,1-3H3. The van der Waals surface area contributed by atoms with Gasteiger partial charge in [0.05, 0.1) is 11.5 Å². The molecule has 0 amide bonds. The van der Waals surface area contributed by atoms with Gasteiger partial charge in [-0.1, -0.05) is 25.0 Å². The Morgan fingerprint density at radius 2 is 2.03 bits per heavy atom. The van der Waals surface area contributed by atoms with Crippen molar-refractivity contribution in [1.82, 2.24) is 19.6 Å². The number of rotatable bonds is 7. The van der Waals surface area contributed by atoms with Gasteiger partial charge in [-0.3, -0.25) is 9.59 Å². The third kappa shape index (κ3) is 4.92. The molecule has 0 N–H and O–H groups in total. The third-order valence-electron chi connectivity index (χ3n) is 8.13. The molecule has 198 valence electrons. The molecule has 1 aromatic carbocycles. The van der Waals surface area contributed by atoms with Gasteiger partial charge in [0.1, 0.15) is 17.3 Å². The molecular weight excluding hydrogens is 485 g/mol. The summed E-state index contributed by atoms with van der Waals surface area (Å²) < 4.78 is 22.6. The van der Waals surface area contributed by atoms with Crippen LogP contribution in [0.15, 0.2) is 30.6 Å². The van der Waals surface area contributed by atoms with Gasteiger partial charge in [-0.15, -0.1) is 5.10 Å². The Hall–Kier alpha value is -3.67. The fourth-order valence-corrected chi connectivity index (χ4v) is 5.90. The summed E-state index contributed by atoms with van der Waals surface area (Å²) in [4.78, 5) is 35.3. The number of carbonyl (C=O) groups is 2. The highest BCUT2D eigenvalue weighted by Gasteiger charge is 2.51. The minimum absolute atomic E-state index is 0.0716. The molecule has 1 aliphatic heterocycles. The molecule has 2 atom stereocenters. The molecule has 2 unspecified atom stereocenters. The Morgan fingerprint density at radius 1 is 1.26 bits per heavy atom. The zero-order valence-corrected chi connectivity index (χ0v) is 22.0. The lowest BCUT2D eigenvalue weighted by molar-refractivity contribution is -0.185. The van der Waals surface area contributed by atoms with Crippen molar-refractivity contribution in [2.75, 3.05) is 0 Å². The molecule has 38 heavy (non-hydrogen) atoms. The predicted octanol–water partition coefficient (Wildman–Crippen LogP) is 4.61. The number of hydrogen-bond donors (Lipinski definition) is 0. The first-order valence-corrected chi connectivity index (χ1v) is 13.2. The smallest absolute Gasteiger partial charge is 0.317 e. The second-order valence-electron chi connectivity index (χ2n) is 11.3. The van der Waals surface area contributed by atoms with Gasteiger partial charge in [-0.05, 0) is 69.6 Å². The zero-order valence-electron chi connectivity index (χ0n) is 22.0. The van der Waals surface area contributed by atoms with Crippen molar-refractivity contribution in [3.8, 4) is 6.07 Å². The van der Waals surface area contributed by atoms with Crippen molar-refractivity contribution < 1.29 is 18.7 Å². The van der Waals surface area contributed by atoms with Crippen LogP contribution in [-0.2, 0) is 32.6 Å². The van der Waals surface area contributed by atoms with Crippen LogP contribution in [-0.4, -0.2) is 36.9 Å². The summed E-state index contributed by atoms with van der Waals surface area (Å²) in [5.74, 6) is -1.18. The number of hydrogen-bond acceptors (Lipinski definition) is 7. The van der Waals surface area contributed by atoms with Crippen molar-refractivity contribution in [3.63, 3.8) is 0 Å². The van der Waals surface area contributed by atoms with Gasteiger partial charge in [-0.25, -0.2) is 13.9 Å². The Morgan fingerprint density at radius 3 is 2.71 bits per heavy atom. The van der Waals surface area contributed by atoms with Crippen molar-refractivity contribution in [3.05, 3.63) is 58.9 Å². The van der Waals surface area contributed by atoms with Gasteiger partial charge >= 0.3 is 5.97 Å². The number of aromatic nitrogens is 4. The Bertz CT molecular complexity index is 1420. The number of carbonyl (C=O) groups excluding carboxylic acids is 2. The maximum atomic E-state index is 14.9. The Labute approximate surface area is 221 Å². The van der Waals surface area contributed by atoms with E-state index in [1.54, 1.807) is 36.8 Å². The van der Waals surface area contributed by atoms with Gasteiger partial charge in [0.2, 0.25) is 0 Å². The molecule has 3 heterocycles. The van der Waals surface area contributed by atoms with Crippen LogP contribution in [0.3, 0.4) is 0 Å². The molecule has 2 aliphatic rings. The first kappa shape index (κ1) is 26.0. The molecule has 1 saturated heterocycles. The molecule has 2 fully saturated rings. The first-order chi connectivity index (χ1) is 18.1. The van der Waals surface area contributed by atoms with Crippen molar-refractivity contribution in [1.29, 1.82) is 5.26 Å². The van der Waals surface area contributed by atoms with E-state index in [-0.39, 0.29) is 24.5 Å². The zero-order chi connectivity index (χ0) is 27.1. The second-order valence-corrected chi connectivity index (χ2v) is 11.3. The SMILES string of the molecule is Cc1cnc2nc(CC3C(=O)CC(CCc4ccc(C(C)(C)C#N)c(F)c4)(C4CCCC4)OC3=O)nn2c1. The number of cyclic esters (lactones) is 1. The van der Waals surface area contributed by atoms with Gasteiger partial charge in [-0.2, -0.15) is 10.2 Å². The number of nitrogens with zero attached hydrogens (tertiary/aromatic N) is 5. The van der Waals surface area contributed by atoms with E-state index in [1.165, 1.54) is 6.07 Å². The average molecular weight is 518 g/mol. The van der Waals surface area contributed by atoms with E-state index in [4.69, 9.17) is 4.74 Å². The quantitative estimate of drug-likeness (QED) is 0.332. The van der Waals surface area contributed by atoms with E-state index in [0.29, 0.717) is 30.0 Å². The van der Waals surface area contributed by atoms with Crippen LogP contribution in [0.5, 0.6) is 0 Å². The average Bonchev–Trinajstić information content (AvgIpc) is 3.55. The van der Waals surface area contributed by atoms with Crippen LogP contribution in [0, 0.1) is 35.9 Å². The highest BCUT2D eigenvalue weighted by Crippen LogP contribution is 2.45. The fourth-order valence-electron chi connectivity index (χ4n) is 5.90. The summed E-state index contributed by atoms with van der Waals surface area (Å²) in [6.45, 7) is 5.26. The summed E-state index contributed by atoms with van der Waals surface area (Å²) in [5, 5.41) is 13.8. The largest absolute Gasteiger partial charge is 0.458 e. The molecular formula is C29H32FN5O3. The number of nitriles is 1. The van der Waals surface area contributed by atoms with Crippen LogP contribution < -0.4 is 0 Å². The Balaban J connectivity index is 1.34. The maximum absolute atomic E-state index is 14.9.